The van der Waals surface area contributed by atoms with Gasteiger partial charge in [0, 0.05) is 50.4 Å². The molecular weight excluding hydrogens is 599 g/mol. The first-order valence-electron chi connectivity index (χ1n) is 14.7. The maximum absolute atomic E-state index is 14.3. The van der Waals surface area contributed by atoms with Crippen molar-refractivity contribution in [3.63, 3.8) is 0 Å². The van der Waals surface area contributed by atoms with Crippen molar-refractivity contribution in [1.82, 2.24) is 15.5 Å². The van der Waals surface area contributed by atoms with E-state index in [0.717, 1.165) is 17.9 Å². The predicted octanol–water partition coefficient (Wildman–Crippen LogP) is 5.84. The molecular formula is C34H42ClFN4O5. The highest BCUT2D eigenvalue weighted by Gasteiger charge is 2.27. The molecule has 3 rings (SSSR count). The summed E-state index contributed by atoms with van der Waals surface area (Å²) in [7, 11) is 5.05. The van der Waals surface area contributed by atoms with Crippen LogP contribution in [0.3, 0.4) is 0 Å². The van der Waals surface area contributed by atoms with Crippen molar-refractivity contribution >= 4 is 41.5 Å². The van der Waals surface area contributed by atoms with Gasteiger partial charge in [-0.25, -0.2) is 14.0 Å². The van der Waals surface area contributed by atoms with E-state index in [1.807, 2.05) is 33.0 Å². The van der Waals surface area contributed by atoms with Crippen LogP contribution in [0.5, 0.6) is 0 Å². The lowest BCUT2D eigenvalue weighted by Gasteiger charge is -2.27. The molecule has 1 aliphatic carbocycles. The zero-order valence-electron chi connectivity index (χ0n) is 26.8. The number of likely N-dealkylation sites (N-methyl/N-ethyl adjacent to an activating group) is 1. The fourth-order valence-electron chi connectivity index (χ4n) is 4.51. The topological polar surface area (TPSA) is 108 Å². The third-order valence-electron chi connectivity index (χ3n) is 6.70. The van der Waals surface area contributed by atoms with Crippen molar-refractivity contribution in [1.29, 1.82) is 0 Å². The highest BCUT2D eigenvalue weighted by Crippen LogP contribution is 2.24. The van der Waals surface area contributed by atoms with Gasteiger partial charge in [-0.3, -0.25) is 19.4 Å². The second kappa shape index (κ2) is 17.9. The molecule has 0 fully saturated rings. The largest absolute Gasteiger partial charge is 0.461 e. The van der Waals surface area contributed by atoms with Crippen LogP contribution in [0, 0.1) is 5.82 Å². The Kier molecular flexibility index (Phi) is 14.7. The first-order chi connectivity index (χ1) is 21.5. The molecule has 0 heterocycles. The molecule has 0 unspecified atom stereocenters. The van der Waals surface area contributed by atoms with Gasteiger partial charge in [0.2, 0.25) is 0 Å². The minimum Gasteiger partial charge on any atom is -0.461 e. The number of carbonyl (C=O) groups is 4. The quantitative estimate of drug-likeness (QED) is 0.236. The summed E-state index contributed by atoms with van der Waals surface area (Å²) in [6.07, 6.45) is 6.36. The van der Waals surface area contributed by atoms with Crippen LogP contribution in [0.25, 0.3) is 0 Å². The van der Waals surface area contributed by atoms with E-state index >= 15 is 0 Å². The molecule has 2 aromatic rings. The molecule has 9 nitrogen and oxygen atoms in total. The molecule has 2 N–H and O–H groups in total. The second-order valence-electron chi connectivity index (χ2n) is 10.3. The summed E-state index contributed by atoms with van der Waals surface area (Å²) in [6, 6.07) is 9.23. The number of halogens is 2. The van der Waals surface area contributed by atoms with Crippen molar-refractivity contribution in [2.24, 2.45) is 0 Å². The number of nitrogens with one attached hydrogen (secondary N) is 2. The van der Waals surface area contributed by atoms with Gasteiger partial charge in [-0.15, -0.1) is 0 Å². The fourth-order valence-corrected chi connectivity index (χ4v) is 4.76. The fraction of sp³-hybridized carbons (Fsp3) is 0.353. The maximum atomic E-state index is 14.3. The Morgan fingerprint density at radius 3 is 2.31 bits per heavy atom. The molecule has 45 heavy (non-hydrogen) atoms. The predicted molar refractivity (Wildman–Crippen MR) is 176 cm³/mol. The summed E-state index contributed by atoms with van der Waals surface area (Å²) >= 11 is 6.04. The second-order valence-corrected chi connectivity index (χ2v) is 10.7. The van der Waals surface area contributed by atoms with Gasteiger partial charge in [-0.05, 0) is 62.4 Å². The highest BCUT2D eigenvalue weighted by atomic mass is 35.5. The summed E-state index contributed by atoms with van der Waals surface area (Å²) in [4.78, 5) is 53.9. The Labute approximate surface area is 269 Å². The maximum Gasteiger partial charge on any atom is 0.329 e. The van der Waals surface area contributed by atoms with Crippen LogP contribution in [0.4, 0.5) is 14.9 Å². The minimum atomic E-state index is -1.13. The Morgan fingerprint density at radius 1 is 1.07 bits per heavy atom. The molecule has 0 spiro atoms. The van der Waals surface area contributed by atoms with E-state index in [4.69, 9.17) is 16.3 Å². The molecule has 0 bridgehead atoms. The van der Waals surface area contributed by atoms with Crippen LogP contribution >= 0.6 is 11.6 Å². The Morgan fingerprint density at radius 2 is 1.73 bits per heavy atom. The van der Waals surface area contributed by atoms with Gasteiger partial charge in [-0.2, -0.15) is 0 Å². The van der Waals surface area contributed by atoms with Crippen molar-refractivity contribution in [3.8, 4) is 0 Å². The molecule has 3 amide bonds. The van der Waals surface area contributed by atoms with Crippen LogP contribution in [-0.2, 0) is 20.7 Å². The number of urea groups is 1. The van der Waals surface area contributed by atoms with Crippen LogP contribution < -0.4 is 15.5 Å². The number of nitrogens with zero attached hydrogens (tertiary/aromatic N) is 2. The van der Waals surface area contributed by atoms with Crippen LogP contribution in [0.1, 0.15) is 50.0 Å². The number of hydrogen-bond donors (Lipinski definition) is 2. The number of rotatable bonds is 11. The lowest BCUT2D eigenvalue weighted by atomic mass is 10.0. The molecule has 0 radical (unpaired) electrons. The summed E-state index contributed by atoms with van der Waals surface area (Å²) in [5.74, 6) is -2.34. The summed E-state index contributed by atoms with van der Waals surface area (Å²) < 4.78 is 19.7. The van der Waals surface area contributed by atoms with Gasteiger partial charge in [0.1, 0.15) is 11.9 Å². The van der Waals surface area contributed by atoms with Crippen LogP contribution in [0.2, 0.25) is 5.02 Å². The molecule has 0 saturated heterocycles. The van der Waals surface area contributed by atoms with E-state index in [9.17, 15) is 23.6 Å². The lowest BCUT2D eigenvalue weighted by Crippen LogP contribution is -2.44. The van der Waals surface area contributed by atoms with E-state index in [1.54, 1.807) is 58.3 Å². The van der Waals surface area contributed by atoms with Gasteiger partial charge >= 0.3 is 12.0 Å². The van der Waals surface area contributed by atoms with E-state index in [2.05, 4.69) is 10.6 Å². The Balaban J connectivity index is 0.00000345. The third-order valence-corrected chi connectivity index (χ3v) is 7.01. The average Bonchev–Trinajstić information content (AvgIpc) is 3.22. The average molecular weight is 641 g/mol. The smallest absolute Gasteiger partial charge is 0.329 e. The van der Waals surface area contributed by atoms with Crippen molar-refractivity contribution in [2.75, 3.05) is 32.6 Å². The van der Waals surface area contributed by atoms with Gasteiger partial charge in [0.25, 0.3) is 5.91 Å². The minimum absolute atomic E-state index is 0.0460. The number of hydrogen-bond acceptors (Lipinski definition) is 6. The third kappa shape index (κ3) is 10.1. The number of allylic oxidation sites excluding steroid dienone is 3. The standard InChI is InChI=1S/C32H36ClFN4O5.C2H6/c1-20(2)43-31(41)27(36-30(40)29-25(33)9-7-10-26(29)34)17-21-12-14-24(15-13-21)37(4)32(42)38(5)28-11-6-8-22(18-35-3)16-23(28)19-39;1-2/h6-10,12-16,19-20,27,35H,11,17-18H2,1-5H3,(H,36,40);1-2H3/t27-;/m0./s1. The summed E-state index contributed by atoms with van der Waals surface area (Å²) in [6.45, 7) is 7.95. The molecule has 0 saturated carbocycles. The normalized spacial score (nSPS) is 13.2. The first kappa shape index (κ1) is 36.9. The number of esters is 1. The van der Waals surface area contributed by atoms with E-state index in [-0.39, 0.29) is 23.0 Å². The Bertz CT molecular complexity index is 1430. The number of ether oxygens (including phenoxy) is 1. The van der Waals surface area contributed by atoms with Gasteiger partial charge in [-0.1, -0.05) is 55.8 Å². The van der Waals surface area contributed by atoms with Gasteiger partial charge in [0.15, 0.2) is 6.29 Å². The van der Waals surface area contributed by atoms with E-state index in [1.165, 1.54) is 21.9 Å². The first-order valence-corrected chi connectivity index (χ1v) is 15.1. The zero-order valence-corrected chi connectivity index (χ0v) is 27.6. The lowest BCUT2D eigenvalue weighted by molar-refractivity contribution is -0.149. The van der Waals surface area contributed by atoms with Crippen molar-refractivity contribution in [3.05, 3.63) is 99.5 Å². The molecule has 0 aliphatic heterocycles. The number of amides is 3. The molecule has 2 aromatic carbocycles. The molecule has 1 aliphatic rings. The van der Waals surface area contributed by atoms with Crippen molar-refractivity contribution in [2.45, 2.75) is 52.7 Å². The molecule has 1 atom stereocenters. The molecule has 11 heteroatoms. The highest BCUT2D eigenvalue weighted by molar-refractivity contribution is 6.33. The van der Waals surface area contributed by atoms with E-state index in [0.29, 0.717) is 35.5 Å². The van der Waals surface area contributed by atoms with Crippen molar-refractivity contribution < 1.29 is 28.3 Å². The number of benzene rings is 2. The van der Waals surface area contributed by atoms with Gasteiger partial charge in [0.05, 0.1) is 16.7 Å². The van der Waals surface area contributed by atoms with Crippen LogP contribution in [0.15, 0.2) is 77.5 Å². The molecule has 0 aromatic heterocycles. The molecule has 242 valence electrons. The van der Waals surface area contributed by atoms with Crippen LogP contribution in [-0.4, -0.2) is 68.9 Å². The number of anilines is 1. The van der Waals surface area contributed by atoms with Gasteiger partial charge < -0.3 is 15.4 Å². The monoisotopic (exact) mass is 640 g/mol. The Hall–Kier alpha value is -4.28. The SMILES string of the molecule is CC.CNCC1=CC(C=O)=C(N(C)C(=O)N(C)c2ccc(C[C@H](NC(=O)c3c(F)cccc3Cl)C(=O)OC(C)C)cc2)CC=C1. The van der Waals surface area contributed by atoms with E-state index < -0.39 is 29.8 Å². The summed E-state index contributed by atoms with van der Waals surface area (Å²) in [5.41, 5.74) is 2.78. The zero-order chi connectivity index (χ0) is 33.7. The summed E-state index contributed by atoms with van der Waals surface area (Å²) in [5, 5.41) is 5.52. The number of aldehydes is 1. The number of carbonyl (C=O) groups excluding carboxylic acids is 4.